The normalized spacial score (nSPS) is 10.8. The van der Waals surface area contributed by atoms with Crippen LogP contribution in [0.15, 0.2) is 36.9 Å². The van der Waals surface area contributed by atoms with Crippen molar-refractivity contribution in [2.75, 3.05) is 12.3 Å². The predicted octanol–water partition coefficient (Wildman–Crippen LogP) is 3.60. The minimum Gasteiger partial charge on any atom is -0.334 e. The summed E-state index contributed by atoms with van der Waals surface area (Å²) >= 11 is 1.64. The number of hydrogen-bond acceptors (Lipinski definition) is 3. The van der Waals surface area contributed by atoms with Crippen molar-refractivity contribution in [1.82, 2.24) is 4.90 Å². The van der Waals surface area contributed by atoms with Gasteiger partial charge in [-0.25, -0.2) is 0 Å². The second-order valence-corrected chi connectivity index (χ2v) is 7.58. The highest BCUT2D eigenvalue weighted by Gasteiger charge is 2.17. The minimum atomic E-state index is 0.0657. The predicted molar refractivity (Wildman–Crippen MR) is 89.0 cm³/mol. The van der Waals surface area contributed by atoms with Crippen LogP contribution in [0.25, 0.3) is 0 Å². The van der Waals surface area contributed by atoms with Gasteiger partial charge in [0.1, 0.15) is 0 Å². The van der Waals surface area contributed by atoms with Crippen LogP contribution < -0.4 is 0 Å². The van der Waals surface area contributed by atoms with Crippen LogP contribution in [0, 0.1) is 11.3 Å². The van der Waals surface area contributed by atoms with Gasteiger partial charge in [0.05, 0.1) is 17.4 Å². The summed E-state index contributed by atoms with van der Waals surface area (Å²) in [5, 5.41) is 8.93. The molecule has 112 valence electrons. The average molecular weight is 302 g/mol. The number of carbonyl (C=O) groups is 1. The molecule has 4 heteroatoms. The monoisotopic (exact) mass is 302 g/mol. The molecule has 0 aromatic heterocycles. The molecule has 0 aliphatic heterocycles. The Labute approximate surface area is 131 Å². The maximum atomic E-state index is 12.3. The van der Waals surface area contributed by atoms with Crippen molar-refractivity contribution in [3.8, 4) is 6.07 Å². The van der Waals surface area contributed by atoms with E-state index >= 15 is 0 Å². The fourth-order valence-electron chi connectivity index (χ4n) is 1.74. The van der Waals surface area contributed by atoms with Gasteiger partial charge in [0.15, 0.2) is 0 Å². The third kappa shape index (κ3) is 6.50. The molecule has 1 aromatic carbocycles. The SMILES string of the molecule is C=CCN(Cc1cccc(C#N)c1)C(=O)CSC(C)(C)C. The third-order valence-electron chi connectivity index (χ3n) is 2.76. The lowest BCUT2D eigenvalue weighted by Crippen LogP contribution is -2.33. The summed E-state index contributed by atoms with van der Waals surface area (Å²) in [4.78, 5) is 14.1. The van der Waals surface area contributed by atoms with Crippen LogP contribution in [0.2, 0.25) is 0 Å². The summed E-state index contributed by atoms with van der Waals surface area (Å²) in [6.07, 6.45) is 1.73. The lowest BCUT2D eigenvalue weighted by Gasteiger charge is -2.24. The van der Waals surface area contributed by atoms with E-state index in [4.69, 9.17) is 5.26 Å². The molecule has 0 spiro atoms. The molecule has 0 heterocycles. The smallest absolute Gasteiger partial charge is 0.233 e. The lowest BCUT2D eigenvalue weighted by atomic mass is 10.1. The van der Waals surface area contributed by atoms with E-state index in [1.807, 2.05) is 18.2 Å². The molecule has 0 aliphatic rings. The van der Waals surface area contributed by atoms with Crippen molar-refractivity contribution < 1.29 is 4.79 Å². The minimum absolute atomic E-state index is 0.0657. The number of nitrogens with zero attached hydrogens (tertiary/aromatic N) is 2. The number of hydrogen-bond donors (Lipinski definition) is 0. The van der Waals surface area contributed by atoms with Crippen molar-refractivity contribution in [1.29, 1.82) is 5.26 Å². The molecule has 0 aliphatic carbocycles. The van der Waals surface area contributed by atoms with Gasteiger partial charge in [-0.2, -0.15) is 5.26 Å². The molecule has 0 fully saturated rings. The van der Waals surface area contributed by atoms with E-state index in [-0.39, 0.29) is 10.7 Å². The van der Waals surface area contributed by atoms with Crippen molar-refractivity contribution >= 4 is 17.7 Å². The fraction of sp³-hybridized carbons (Fsp3) is 0.412. The number of carbonyl (C=O) groups excluding carboxylic acids is 1. The maximum absolute atomic E-state index is 12.3. The average Bonchev–Trinajstić information content (AvgIpc) is 2.43. The summed E-state index contributed by atoms with van der Waals surface area (Å²) in [6.45, 7) is 11.0. The zero-order chi connectivity index (χ0) is 15.9. The molecule has 0 N–H and O–H groups in total. The number of amides is 1. The topological polar surface area (TPSA) is 44.1 Å². The molecular weight excluding hydrogens is 280 g/mol. The Kier molecular flexibility index (Phi) is 6.51. The van der Waals surface area contributed by atoms with E-state index in [2.05, 4.69) is 33.4 Å². The van der Waals surface area contributed by atoms with Crippen LogP contribution in [0.1, 0.15) is 31.9 Å². The van der Waals surface area contributed by atoms with E-state index in [0.717, 1.165) is 5.56 Å². The number of rotatable bonds is 6. The van der Waals surface area contributed by atoms with Crippen molar-refractivity contribution in [2.24, 2.45) is 0 Å². The lowest BCUT2D eigenvalue weighted by molar-refractivity contribution is -0.128. The van der Waals surface area contributed by atoms with Crippen molar-refractivity contribution in [2.45, 2.75) is 32.1 Å². The zero-order valence-electron chi connectivity index (χ0n) is 12.9. The quantitative estimate of drug-likeness (QED) is 0.754. The largest absolute Gasteiger partial charge is 0.334 e. The second-order valence-electron chi connectivity index (χ2n) is 5.78. The van der Waals surface area contributed by atoms with Crippen LogP contribution in [0.4, 0.5) is 0 Å². The first-order chi connectivity index (χ1) is 9.85. The van der Waals surface area contributed by atoms with E-state index in [1.54, 1.807) is 28.8 Å². The van der Waals surface area contributed by atoms with E-state index in [1.165, 1.54) is 0 Å². The Morgan fingerprint density at radius 3 is 2.76 bits per heavy atom. The molecule has 0 unspecified atom stereocenters. The summed E-state index contributed by atoms with van der Waals surface area (Å²) in [5.74, 6) is 0.548. The van der Waals surface area contributed by atoms with Crippen molar-refractivity contribution in [3.63, 3.8) is 0 Å². The summed E-state index contributed by atoms with van der Waals surface area (Å²) in [6, 6.07) is 9.47. The van der Waals surface area contributed by atoms with E-state index < -0.39 is 0 Å². The number of nitriles is 1. The Bertz CT molecular complexity index is 540. The van der Waals surface area contributed by atoms with Gasteiger partial charge in [0, 0.05) is 17.8 Å². The van der Waals surface area contributed by atoms with Crippen molar-refractivity contribution in [3.05, 3.63) is 48.0 Å². The molecule has 0 radical (unpaired) electrons. The van der Waals surface area contributed by atoms with Gasteiger partial charge in [0.25, 0.3) is 0 Å². The molecule has 1 rings (SSSR count). The Hall–Kier alpha value is -1.73. The first-order valence-electron chi connectivity index (χ1n) is 6.87. The van der Waals surface area contributed by atoms with E-state index in [0.29, 0.717) is 24.4 Å². The van der Waals surface area contributed by atoms with Gasteiger partial charge in [-0.1, -0.05) is 39.0 Å². The molecule has 0 saturated carbocycles. The molecule has 21 heavy (non-hydrogen) atoms. The van der Waals surface area contributed by atoms with Crippen LogP contribution in [-0.4, -0.2) is 27.9 Å². The highest BCUT2D eigenvalue weighted by atomic mass is 32.2. The van der Waals surface area contributed by atoms with Gasteiger partial charge in [-0.05, 0) is 17.7 Å². The third-order valence-corrected chi connectivity index (χ3v) is 4.02. The number of benzene rings is 1. The molecule has 1 aromatic rings. The molecule has 1 amide bonds. The molecular formula is C17H22N2OS. The summed E-state index contributed by atoms with van der Waals surface area (Å²) < 4.78 is 0.0657. The highest BCUT2D eigenvalue weighted by Crippen LogP contribution is 2.23. The van der Waals surface area contributed by atoms with Gasteiger partial charge in [-0.3, -0.25) is 4.79 Å². The van der Waals surface area contributed by atoms with Gasteiger partial charge in [-0.15, -0.1) is 18.3 Å². The zero-order valence-corrected chi connectivity index (χ0v) is 13.7. The Balaban J connectivity index is 2.74. The first-order valence-corrected chi connectivity index (χ1v) is 7.86. The molecule has 0 atom stereocenters. The highest BCUT2D eigenvalue weighted by molar-refractivity contribution is 8.01. The standard InChI is InChI=1S/C17H22N2OS/c1-5-9-19(16(20)13-21-17(2,3)4)12-15-8-6-7-14(10-15)11-18/h5-8,10H,1,9,12-13H2,2-4H3. The van der Waals surface area contributed by atoms with Gasteiger partial charge >= 0.3 is 0 Å². The van der Waals surface area contributed by atoms with Crippen LogP contribution in [0.3, 0.4) is 0 Å². The van der Waals surface area contributed by atoms with E-state index in [9.17, 15) is 4.79 Å². The fourth-order valence-corrected chi connectivity index (χ4v) is 2.48. The van der Waals surface area contributed by atoms with Crippen LogP contribution >= 0.6 is 11.8 Å². The first kappa shape index (κ1) is 17.3. The van der Waals surface area contributed by atoms with Gasteiger partial charge in [0.2, 0.25) is 5.91 Å². The Morgan fingerprint density at radius 2 is 2.19 bits per heavy atom. The molecule has 3 nitrogen and oxygen atoms in total. The van der Waals surface area contributed by atoms with Crippen LogP contribution in [0.5, 0.6) is 0 Å². The van der Waals surface area contributed by atoms with Crippen LogP contribution in [-0.2, 0) is 11.3 Å². The summed E-state index contributed by atoms with van der Waals surface area (Å²) in [5.41, 5.74) is 1.58. The van der Waals surface area contributed by atoms with Gasteiger partial charge < -0.3 is 4.90 Å². The maximum Gasteiger partial charge on any atom is 0.233 e. The molecule has 0 saturated heterocycles. The second kappa shape index (κ2) is 7.90. The summed E-state index contributed by atoms with van der Waals surface area (Å²) in [7, 11) is 0. The Morgan fingerprint density at radius 1 is 1.48 bits per heavy atom. The number of thioether (sulfide) groups is 1. The molecule has 0 bridgehead atoms.